The van der Waals surface area contributed by atoms with Crippen molar-refractivity contribution in [3.8, 4) is 17.1 Å². The van der Waals surface area contributed by atoms with Crippen molar-refractivity contribution in [2.75, 3.05) is 5.75 Å². The number of aromatic nitrogens is 3. The number of amides is 1. The van der Waals surface area contributed by atoms with Crippen molar-refractivity contribution in [2.45, 2.75) is 50.2 Å². The molecule has 32 heavy (non-hydrogen) atoms. The summed E-state index contributed by atoms with van der Waals surface area (Å²) in [5, 5.41) is 23.4. The van der Waals surface area contributed by atoms with E-state index in [4.69, 9.17) is 0 Å². The van der Waals surface area contributed by atoms with Crippen molar-refractivity contribution in [2.24, 2.45) is 5.10 Å². The number of rotatable bonds is 7. The number of phenols is 1. The summed E-state index contributed by atoms with van der Waals surface area (Å²) < 4.78 is 2.22. The lowest BCUT2D eigenvalue weighted by Gasteiger charge is -2.25. The SMILES string of the molecule is Cc1ccc(-c2nnc(SCC(=O)N/N=C/c3ccccc3O)n2C2CCCCC2)cc1. The second-order valence-electron chi connectivity index (χ2n) is 7.97. The third-order valence-electron chi connectivity index (χ3n) is 5.58. The average molecular weight is 450 g/mol. The molecular weight excluding hydrogens is 422 g/mol. The first-order valence-electron chi connectivity index (χ1n) is 10.9. The Labute approximate surface area is 192 Å². The Bertz CT molecular complexity index is 1090. The second-order valence-corrected chi connectivity index (χ2v) is 8.92. The number of para-hydroxylation sites is 1. The number of phenolic OH excluding ortho intramolecular Hbond substituents is 1. The molecule has 8 heteroatoms. The van der Waals surface area contributed by atoms with Crippen LogP contribution in [0.3, 0.4) is 0 Å². The summed E-state index contributed by atoms with van der Waals surface area (Å²) in [6.45, 7) is 2.07. The molecule has 0 bridgehead atoms. The Morgan fingerprint density at radius 1 is 1.16 bits per heavy atom. The summed E-state index contributed by atoms with van der Waals surface area (Å²) in [5.41, 5.74) is 5.30. The largest absolute Gasteiger partial charge is 0.507 e. The Balaban J connectivity index is 1.46. The summed E-state index contributed by atoms with van der Waals surface area (Å²) >= 11 is 1.37. The molecule has 0 atom stereocenters. The molecule has 3 aromatic rings. The number of nitrogens with zero attached hydrogens (tertiary/aromatic N) is 4. The number of aromatic hydroxyl groups is 1. The van der Waals surface area contributed by atoms with Crippen LogP contribution in [0.25, 0.3) is 11.4 Å². The first-order valence-corrected chi connectivity index (χ1v) is 11.8. The van der Waals surface area contributed by atoms with Gasteiger partial charge < -0.3 is 5.11 Å². The van der Waals surface area contributed by atoms with Gasteiger partial charge in [0.15, 0.2) is 11.0 Å². The average Bonchev–Trinajstić information content (AvgIpc) is 3.24. The van der Waals surface area contributed by atoms with Crippen molar-refractivity contribution in [1.29, 1.82) is 0 Å². The zero-order chi connectivity index (χ0) is 22.3. The molecule has 2 aromatic carbocycles. The van der Waals surface area contributed by atoms with Crippen LogP contribution in [0.2, 0.25) is 0 Å². The van der Waals surface area contributed by atoms with Gasteiger partial charge in [0, 0.05) is 17.2 Å². The predicted molar refractivity (Wildman–Crippen MR) is 127 cm³/mol. The summed E-state index contributed by atoms with van der Waals surface area (Å²) in [6, 6.07) is 15.5. The van der Waals surface area contributed by atoms with Crippen LogP contribution >= 0.6 is 11.8 Å². The maximum Gasteiger partial charge on any atom is 0.250 e. The summed E-state index contributed by atoms with van der Waals surface area (Å²) in [7, 11) is 0. The molecule has 4 rings (SSSR count). The van der Waals surface area contributed by atoms with E-state index in [0.29, 0.717) is 11.6 Å². The minimum absolute atomic E-state index is 0.115. The van der Waals surface area contributed by atoms with E-state index in [-0.39, 0.29) is 17.4 Å². The van der Waals surface area contributed by atoms with E-state index in [1.165, 1.54) is 42.8 Å². The smallest absolute Gasteiger partial charge is 0.250 e. The van der Waals surface area contributed by atoms with E-state index in [2.05, 4.69) is 56.5 Å². The molecule has 1 aliphatic carbocycles. The lowest BCUT2D eigenvalue weighted by molar-refractivity contribution is -0.118. The van der Waals surface area contributed by atoms with E-state index in [9.17, 15) is 9.90 Å². The molecule has 1 aromatic heterocycles. The van der Waals surface area contributed by atoms with E-state index < -0.39 is 0 Å². The van der Waals surface area contributed by atoms with Crippen molar-refractivity contribution >= 4 is 23.9 Å². The molecule has 1 heterocycles. The monoisotopic (exact) mass is 449 g/mol. The Kier molecular flexibility index (Phi) is 7.21. The van der Waals surface area contributed by atoms with Gasteiger partial charge >= 0.3 is 0 Å². The Morgan fingerprint density at radius 2 is 1.91 bits per heavy atom. The molecule has 1 saturated carbocycles. The van der Waals surface area contributed by atoms with Gasteiger partial charge in [-0.15, -0.1) is 10.2 Å². The maximum atomic E-state index is 12.3. The highest BCUT2D eigenvalue weighted by Crippen LogP contribution is 2.35. The number of thioether (sulfide) groups is 1. The van der Waals surface area contributed by atoms with E-state index >= 15 is 0 Å². The van der Waals surface area contributed by atoms with Crippen LogP contribution in [0.4, 0.5) is 0 Å². The standard InChI is InChI=1S/C24H27N5O2S/c1-17-11-13-18(14-12-17)23-27-28-24(29(23)20-8-3-2-4-9-20)32-16-22(31)26-25-15-19-7-5-6-10-21(19)30/h5-7,10-15,20,30H,2-4,8-9,16H2,1H3,(H,26,31)/b25-15+. The number of hydrazone groups is 1. The Hall–Kier alpha value is -3.13. The number of aryl methyl sites for hydroxylation is 1. The lowest BCUT2D eigenvalue weighted by atomic mass is 9.95. The van der Waals surface area contributed by atoms with Crippen molar-refractivity contribution in [3.05, 3.63) is 59.7 Å². The number of benzene rings is 2. The number of hydrogen-bond acceptors (Lipinski definition) is 6. The van der Waals surface area contributed by atoms with E-state index in [1.807, 2.05) is 0 Å². The highest BCUT2D eigenvalue weighted by Gasteiger charge is 2.24. The fourth-order valence-corrected chi connectivity index (χ4v) is 4.67. The topological polar surface area (TPSA) is 92.4 Å². The first-order chi connectivity index (χ1) is 15.6. The molecule has 0 saturated heterocycles. The molecule has 7 nitrogen and oxygen atoms in total. The van der Waals surface area contributed by atoms with Crippen molar-refractivity contribution in [3.63, 3.8) is 0 Å². The minimum Gasteiger partial charge on any atom is -0.507 e. The van der Waals surface area contributed by atoms with Crippen LogP contribution in [-0.2, 0) is 4.79 Å². The van der Waals surface area contributed by atoms with Gasteiger partial charge in [-0.1, -0.05) is 73.0 Å². The third kappa shape index (κ3) is 5.37. The fourth-order valence-electron chi connectivity index (χ4n) is 3.88. The predicted octanol–water partition coefficient (Wildman–Crippen LogP) is 4.71. The first kappa shape index (κ1) is 22.1. The molecule has 2 N–H and O–H groups in total. The molecule has 1 fully saturated rings. The lowest BCUT2D eigenvalue weighted by Crippen LogP contribution is -2.20. The van der Waals surface area contributed by atoms with Gasteiger partial charge in [0.1, 0.15) is 5.75 Å². The van der Waals surface area contributed by atoms with Gasteiger partial charge in [-0.05, 0) is 31.9 Å². The highest BCUT2D eigenvalue weighted by atomic mass is 32.2. The maximum absolute atomic E-state index is 12.3. The molecule has 1 amide bonds. The number of nitrogens with one attached hydrogen (secondary N) is 1. The van der Waals surface area contributed by atoms with Gasteiger partial charge in [-0.3, -0.25) is 9.36 Å². The van der Waals surface area contributed by atoms with Crippen LogP contribution in [0.15, 0.2) is 58.8 Å². The molecule has 0 aliphatic heterocycles. The Morgan fingerprint density at radius 3 is 2.66 bits per heavy atom. The zero-order valence-corrected chi connectivity index (χ0v) is 18.9. The van der Waals surface area contributed by atoms with Gasteiger partial charge in [0.2, 0.25) is 0 Å². The van der Waals surface area contributed by atoms with Crippen molar-refractivity contribution < 1.29 is 9.90 Å². The van der Waals surface area contributed by atoms with Crippen LogP contribution in [-0.4, -0.2) is 37.7 Å². The summed E-state index contributed by atoms with van der Waals surface area (Å²) in [6.07, 6.45) is 7.28. The van der Waals surface area contributed by atoms with Crippen LogP contribution in [0.5, 0.6) is 5.75 Å². The third-order valence-corrected chi connectivity index (χ3v) is 6.52. The number of carbonyl (C=O) groups excluding carboxylic acids is 1. The summed E-state index contributed by atoms with van der Waals surface area (Å²) in [5.74, 6) is 0.912. The summed E-state index contributed by atoms with van der Waals surface area (Å²) in [4.78, 5) is 12.3. The molecule has 0 radical (unpaired) electrons. The van der Waals surface area contributed by atoms with Gasteiger partial charge in [0.25, 0.3) is 5.91 Å². The molecular formula is C24H27N5O2S. The van der Waals surface area contributed by atoms with Gasteiger partial charge in [-0.2, -0.15) is 5.10 Å². The highest BCUT2D eigenvalue weighted by molar-refractivity contribution is 7.99. The van der Waals surface area contributed by atoms with Crippen LogP contribution < -0.4 is 5.43 Å². The minimum atomic E-state index is -0.239. The molecule has 0 spiro atoms. The number of carbonyl (C=O) groups is 1. The molecule has 166 valence electrons. The van der Waals surface area contributed by atoms with Gasteiger partial charge in [0.05, 0.1) is 12.0 Å². The van der Waals surface area contributed by atoms with Crippen LogP contribution in [0, 0.1) is 6.92 Å². The quantitative estimate of drug-likeness (QED) is 0.310. The normalized spacial score (nSPS) is 14.7. The van der Waals surface area contributed by atoms with Crippen molar-refractivity contribution in [1.82, 2.24) is 20.2 Å². The zero-order valence-electron chi connectivity index (χ0n) is 18.1. The van der Waals surface area contributed by atoms with E-state index in [1.54, 1.807) is 24.3 Å². The molecule has 1 aliphatic rings. The van der Waals surface area contributed by atoms with E-state index in [0.717, 1.165) is 29.4 Å². The fraction of sp³-hybridized carbons (Fsp3) is 0.333. The number of hydrogen-bond donors (Lipinski definition) is 2. The van der Waals surface area contributed by atoms with Crippen LogP contribution in [0.1, 0.15) is 49.3 Å². The van der Waals surface area contributed by atoms with Gasteiger partial charge in [-0.25, -0.2) is 5.43 Å². The molecule has 0 unspecified atom stereocenters. The second kappa shape index (κ2) is 10.5.